The van der Waals surface area contributed by atoms with Crippen LogP contribution in [-0.2, 0) is 11.2 Å². The molecule has 21 heavy (non-hydrogen) atoms. The second-order valence-electron chi connectivity index (χ2n) is 5.80. The van der Waals surface area contributed by atoms with Gasteiger partial charge in [-0.3, -0.25) is 4.79 Å². The normalized spacial score (nSPS) is 22.0. The Bertz CT molecular complexity index is 623. The van der Waals surface area contributed by atoms with E-state index in [1.807, 2.05) is 25.1 Å². The number of carboxylic acids is 1. The summed E-state index contributed by atoms with van der Waals surface area (Å²) < 4.78 is 5.70. The summed E-state index contributed by atoms with van der Waals surface area (Å²) in [5, 5.41) is 16.9. The minimum atomic E-state index is -0.798. The van der Waals surface area contributed by atoms with Crippen LogP contribution in [0.4, 0.5) is 0 Å². The van der Waals surface area contributed by atoms with Gasteiger partial charge in [-0.15, -0.1) is 10.2 Å². The summed E-state index contributed by atoms with van der Waals surface area (Å²) in [6.07, 6.45) is 1.67. The number of aromatic nitrogens is 2. The van der Waals surface area contributed by atoms with Gasteiger partial charge in [0.2, 0.25) is 11.8 Å². The first-order chi connectivity index (χ1) is 10.1. The molecule has 1 heterocycles. The Hall–Kier alpha value is -2.17. The van der Waals surface area contributed by atoms with Crippen molar-refractivity contribution in [3.05, 3.63) is 47.7 Å². The first-order valence-electron chi connectivity index (χ1n) is 7.22. The monoisotopic (exact) mass is 286 g/mol. The van der Waals surface area contributed by atoms with Gasteiger partial charge in [0.1, 0.15) is 0 Å². The minimum absolute atomic E-state index is 0.0000710. The molecule has 1 saturated carbocycles. The highest BCUT2D eigenvalue weighted by molar-refractivity contribution is 5.66. The maximum atomic E-state index is 10.7. The third kappa shape index (κ3) is 3.29. The zero-order valence-electron chi connectivity index (χ0n) is 11.9. The van der Waals surface area contributed by atoms with Crippen LogP contribution >= 0.6 is 0 Å². The number of rotatable bonds is 6. The number of benzene rings is 1. The molecule has 0 spiro atoms. The van der Waals surface area contributed by atoms with E-state index < -0.39 is 5.97 Å². The predicted octanol–water partition coefficient (Wildman–Crippen LogP) is 2.99. The van der Waals surface area contributed by atoms with Crippen molar-refractivity contribution in [2.75, 3.05) is 0 Å². The number of nitrogens with zero attached hydrogens (tertiary/aromatic N) is 2. The van der Waals surface area contributed by atoms with Gasteiger partial charge in [-0.25, -0.2) is 0 Å². The Morgan fingerprint density at radius 2 is 2.10 bits per heavy atom. The smallest absolute Gasteiger partial charge is 0.303 e. The van der Waals surface area contributed by atoms with E-state index in [-0.39, 0.29) is 12.3 Å². The molecule has 1 N–H and O–H groups in total. The number of carboxylic acid groups (broad SMARTS) is 1. The Kier molecular flexibility index (Phi) is 3.73. The molecule has 0 radical (unpaired) electrons. The van der Waals surface area contributed by atoms with Crippen molar-refractivity contribution in [2.24, 2.45) is 5.92 Å². The third-order valence-electron chi connectivity index (χ3n) is 3.86. The third-order valence-corrected chi connectivity index (χ3v) is 3.86. The van der Waals surface area contributed by atoms with Gasteiger partial charge in [0.25, 0.3) is 0 Å². The van der Waals surface area contributed by atoms with Gasteiger partial charge in [-0.2, -0.15) is 0 Å². The van der Waals surface area contributed by atoms with Crippen LogP contribution < -0.4 is 0 Å². The van der Waals surface area contributed by atoms with Gasteiger partial charge in [-0.05, 0) is 23.8 Å². The summed E-state index contributed by atoms with van der Waals surface area (Å²) in [5.41, 5.74) is 1.31. The van der Waals surface area contributed by atoms with Crippen LogP contribution in [0.1, 0.15) is 48.9 Å². The molecule has 3 rings (SSSR count). The molecule has 1 aromatic carbocycles. The molecule has 110 valence electrons. The van der Waals surface area contributed by atoms with Gasteiger partial charge < -0.3 is 9.52 Å². The lowest BCUT2D eigenvalue weighted by molar-refractivity contribution is -0.137. The standard InChI is InChI=1S/C16H18N2O3/c1-10(8-15(19)20)7-14-17-18-16(21-14)13-9-12(13)11-5-3-2-4-6-11/h2-6,10,12-13H,7-9H2,1H3,(H,19,20). The van der Waals surface area contributed by atoms with E-state index in [0.29, 0.717) is 30.0 Å². The summed E-state index contributed by atoms with van der Waals surface area (Å²) in [4.78, 5) is 10.7. The van der Waals surface area contributed by atoms with Crippen LogP contribution in [0.5, 0.6) is 0 Å². The second-order valence-corrected chi connectivity index (χ2v) is 5.80. The Labute approximate surface area is 123 Å². The van der Waals surface area contributed by atoms with Crippen molar-refractivity contribution in [1.29, 1.82) is 0 Å². The molecule has 1 aliphatic rings. The molecule has 1 aliphatic carbocycles. The van der Waals surface area contributed by atoms with Crippen molar-refractivity contribution in [3.63, 3.8) is 0 Å². The van der Waals surface area contributed by atoms with Gasteiger partial charge in [-0.1, -0.05) is 37.3 Å². The first kappa shape index (κ1) is 13.8. The zero-order valence-corrected chi connectivity index (χ0v) is 11.9. The van der Waals surface area contributed by atoms with Gasteiger partial charge in [0, 0.05) is 18.8 Å². The maximum absolute atomic E-state index is 10.7. The summed E-state index contributed by atoms with van der Waals surface area (Å²) in [6, 6.07) is 10.3. The highest BCUT2D eigenvalue weighted by Gasteiger charge is 2.43. The van der Waals surface area contributed by atoms with Crippen LogP contribution in [0.15, 0.2) is 34.7 Å². The predicted molar refractivity (Wildman–Crippen MR) is 76.0 cm³/mol. The summed E-state index contributed by atoms with van der Waals surface area (Å²) in [5.74, 6) is 1.20. The first-order valence-corrected chi connectivity index (χ1v) is 7.22. The van der Waals surface area contributed by atoms with Crippen LogP contribution in [0.3, 0.4) is 0 Å². The Morgan fingerprint density at radius 1 is 1.33 bits per heavy atom. The number of hydrogen-bond donors (Lipinski definition) is 1. The number of hydrogen-bond acceptors (Lipinski definition) is 4. The maximum Gasteiger partial charge on any atom is 0.303 e. The second kappa shape index (κ2) is 5.68. The molecule has 1 fully saturated rings. The van der Waals surface area contributed by atoms with E-state index in [1.165, 1.54) is 5.56 Å². The minimum Gasteiger partial charge on any atom is -0.481 e. The molecular formula is C16H18N2O3. The van der Waals surface area contributed by atoms with E-state index in [1.54, 1.807) is 0 Å². The number of carbonyl (C=O) groups is 1. The van der Waals surface area contributed by atoms with Crippen molar-refractivity contribution >= 4 is 5.97 Å². The molecule has 0 amide bonds. The summed E-state index contributed by atoms with van der Waals surface area (Å²) in [6.45, 7) is 1.88. The van der Waals surface area contributed by atoms with E-state index >= 15 is 0 Å². The lowest BCUT2D eigenvalue weighted by Crippen LogP contribution is -2.07. The van der Waals surface area contributed by atoms with Crippen molar-refractivity contribution < 1.29 is 14.3 Å². The van der Waals surface area contributed by atoms with E-state index in [9.17, 15) is 4.79 Å². The van der Waals surface area contributed by atoms with Crippen molar-refractivity contribution in [3.8, 4) is 0 Å². The SMILES string of the molecule is CC(CC(=O)O)Cc1nnc(C2CC2c2ccccc2)o1. The molecule has 1 aromatic heterocycles. The average Bonchev–Trinajstić information content (AvgIpc) is 3.12. The molecule has 0 saturated heterocycles. The lowest BCUT2D eigenvalue weighted by atomic mass is 10.0. The molecule has 3 atom stereocenters. The summed E-state index contributed by atoms with van der Waals surface area (Å²) in [7, 11) is 0. The van der Waals surface area contributed by atoms with Crippen molar-refractivity contribution in [1.82, 2.24) is 10.2 Å². The summed E-state index contributed by atoms with van der Waals surface area (Å²) >= 11 is 0. The number of aliphatic carboxylic acids is 1. The lowest BCUT2D eigenvalue weighted by Gasteiger charge is -2.03. The van der Waals surface area contributed by atoms with Crippen LogP contribution in [0.25, 0.3) is 0 Å². The molecule has 0 bridgehead atoms. The van der Waals surface area contributed by atoms with Crippen molar-refractivity contribution in [2.45, 2.75) is 38.0 Å². The fraction of sp³-hybridized carbons (Fsp3) is 0.438. The van der Waals surface area contributed by atoms with Gasteiger partial charge in [0.15, 0.2) is 0 Å². The van der Waals surface area contributed by atoms with Crippen LogP contribution in [0, 0.1) is 5.92 Å². The average molecular weight is 286 g/mol. The molecule has 5 heteroatoms. The quantitative estimate of drug-likeness (QED) is 0.883. The van der Waals surface area contributed by atoms with E-state index in [2.05, 4.69) is 22.3 Å². The Balaban J connectivity index is 1.60. The van der Waals surface area contributed by atoms with E-state index in [0.717, 1.165) is 6.42 Å². The fourth-order valence-corrected chi connectivity index (χ4v) is 2.70. The van der Waals surface area contributed by atoms with Crippen LogP contribution in [-0.4, -0.2) is 21.3 Å². The van der Waals surface area contributed by atoms with Gasteiger partial charge in [0.05, 0.1) is 0 Å². The molecule has 3 unspecified atom stereocenters. The fourth-order valence-electron chi connectivity index (χ4n) is 2.70. The molecular weight excluding hydrogens is 268 g/mol. The van der Waals surface area contributed by atoms with E-state index in [4.69, 9.17) is 9.52 Å². The largest absolute Gasteiger partial charge is 0.481 e. The van der Waals surface area contributed by atoms with Crippen LogP contribution in [0.2, 0.25) is 0 Å². The zero-order chi connectivity index (χ0) is 14.8. The highest BCUT2D eigenvalue weighted by Crippen LogP contribution is 2.54. The van der Waals surface area contributed by atoms with Gasteiger partial charge >= 0.3 is 5.97 Å². The molecule has 5 nitrogen and oxygen atoms in total. The highest BCUT2D eigenvalue weighted by atomic mass is 16.4. The topological polar surface area (TPSA) is 76.2 Å². The Morgan fingerprint density at radius 3 is 2.81 bits per heavy atom. The molecule has 0 aliphatic heterocycles. The molecule has 2 aromatic rings.